The van der Waals surface area contributed by atoms with Gasteiger partial charge in [-0.2, -0.15) is 0 Å². The number of rotatable bonds is 1. The van der Waals surface area contributed by atoms with Crippen LogP contribution in [-0.4, -0.2) is 5.11 Å². The molecule has 1 nitrogen and oxygen atoms in total. The van der Waals surface area contributed by atoms with Gasteiger partial charge in [0, 0.05) is 23.3 Å². The monoisotopic (exact) mass is 224 g/mol. The molecule has 0 radical (unpaired) electrons. The molecule has 0 saturated heterocycles. The molecule has 2 aromatic rings. The summed E-state index contributed by atoms with van der Waals surface area (Å²) in [6.07, 6.45) is 0. The van der Waals surface area contributed by atoms with Crippen molar-refractivity contribution in [2.45, 2.75) is 0 Å². The van der Waals surface area contributed by atoms with Crippen LogP contribution in [0.1, 0.15) is 0 Å². The van der Waals surface area contributed by atoms with E-state index in [-0.39, 0.29) is 16.9 Å². The Balaban J connectivity index is 2.59. The zero-order valence-electron chi connectivity index (χ0n) is 8.05. The third-order valence-electron chi connectivity index (χ3n) is 2.18. The van der Waals surface area contributed by atoms with E-state index >= 15 is 0 Å². The SMILES string of the molecule is Oc1cc(F)ccc1-c1ccc(F)cc1F. The molecule has 0 aliphatic heterocycles. The standard InChI is InChI=1S/C12H7F3O/c13-7-1-3-9(11(15)5-7)10-4-2-8(14)6-12(10)16/h1-6,16H. The largest absolute Gasteiger partial charge is 0.507 e. The fourth-order valence-electron chi connectivity index (χ4n) is 1.44. The van der Waals surface area contributed by atoms with Gasteiger partial charge in [-0.25, -0.2) is 13.2 Å². The summed E-state index contributed by atoms with van der Waals surface area (Å²) in [6, 6.07) is 6.17. The predicted molar refractivity (Wildman–Crippen MR) is 53.4 cm³/mol. The molecule has 0 aliphatic carbocycles. The molecule has 82 valence electrons. The average Bonchev–Trinajstić information content (AvgIpc) is 2.19. The van der Waals surface area contributed by atoms with E-state index in [9.17, 15) is 18.3 Å². The van der Waals surface area contributed by atoms with E-state index in [0.717, 1.165) is 18.2 Å². The molecule has 4 heteroatoms. The molecule has 2 rings (SSSR count). The van der Waals surface area contributed by atoms with Gasteiger partial charge in [-0.3, -0.25) is 0 Å². The van der Waals surface area contributed by atoms with E-state index in [0.29, 0.717) is 6.07 Å². The van der Waals surface area contributed by atoms with Crippen molar-refractivity contribution in [1.82, 2.24) is 0 Å². The van der Waals surface area contributed by atoms with Crippen molar-refractivity contribution in [3.05, 3.63) is 53.8 Å². The summed E-state index contributed by atoms with van der Waals surface area (Å²) < 4.78 is 38.8. The van der Waals surface area contributed by atoms with Crippen molar-refractivity contribution in [2.75, 3.05) is 0 Å². The van der Waals surface area contributed by atoms with E-state index in [4.69, 9.17) is 0 Å². The number of halogens is 3. The minimum Gasteiger partial charge on any atom is -0.507 e. The van der Waals surface area contributed by atoms with Crippen LogP contribution in [-0.2, 0) is 0 Å². The molecule has 0 fully saturated rings. The average molecular weight is 224 g/mol. The van der Waals surface area contributed by atoms with Crippen molar-refractivity contribution in [2.24, 2.45) is 0 Å². The number of hydrogen-bond acceptors (Lipinski definition) is 1. The predicted octanol–water partition coefficient (Wildman–Crippen LogP) is 3.48. The fourth-order valence-corrected chi connectivity index (χ4v) is 1.44. The van der Waals surface area contributed by atoms with Crippen LogP contribution in [0.15, 0.2) is 36.4 Å². The van der Waals surface area contributed by atoms with Crippen LogP contribution >= 0.6 is 0 Å². The molecule has 0 heterocycles. The highest BCUT2D eigenvalue weighted by molar-refractivity contribution is 5.70. The Morgan fingerprint density at radius 2 is 1.31 bits per heavy atom. The Bertz CT molecular complexity index is 488. The highest BCUT2D eigenvalue weighted by atomic mass is 19.1. The highest BCUT2D eigenvalue weighted by Gasteiger charge is 2.10. The molecule has 2 aromatic carbocycles. The summed E-state index contributed by atoms with van der Waals surface area (Å²) in [7, 11) is 0. The maximum absolute atomic E-state index is 13.4. The second-order valence-corrected chi connectivity index (χ2v) is 3.29. The van der Waals surface area contributed by atoms with Gasteiger partial charge in [-0.15, -0.1) is 0 Å². The van der Waals surface area contributed by atoms with Crippen molar-refractivity contribution >= 4 is 0 Å². The van der Waals surface area contributed by atoms with Gasteiger partial charge in [0.25, 0.3) is 0 Å². The quantitative estimate of drug-likeness (QED) is 0.786. The summed E-state index contributed by atoms with van der Waals surface area (Å²) in [6.45, 7) is 0. The summed E-state index contributed by atoms with van der Waals surface area (Å²) in [5.41, 5.74) is 0.151. The van der Waals surface area contributed by atoms with Crippen molar-refractivity contribution in [1.29, 1.82) is 0 Å². The van der Waals surface area contributed by atoms with E-state index in [1.165, 1.54) is 12.1 Å². The molecule has 0 spiro atoms. The van der Waals surface area contributed by atoms with E-state index in [1.54, 1.807) is 0 Å². The summed E-state index contributed by atoms with van der Waals surface area (Å²) >= 11 is 0. The number of phenols is 1. The highest BCUT2D eigenvalue weighted by Crippen LogP contribution is 2.31. The first kappa shape index (κ1) is 10.5. The van der Waals surface area contributed by atoms with Crippen LogP contribution in [0.4, 0.5) is 13.2 Å². The zero-order chi connectivity index (χ0) is 11.7. The topological polar surface area (TPSA) is 20.2 Å². The van der Waals surface area contributed by atoms with Gasteiger partial charge >= 0.3 is 0 Å². The Morgan fingerprint density at radius 3 is 1.88 bits per heavy atom. The number of hydrogen-bond donors (Lipinski definition) is 1. The van der Waals surface area contributed by atoms with Gasteiger partial charge < -0.3 is 5.11 Å². The van der Waals surface area contributed by atoms with Gasteiger partial charge in [-0.05, 0) is 24.3 Å². The molecule has 0 atom stereocenters. The minimum atomic E-state index is -0.804. The third-order valence-corrected chi connectivity index (χ3v) is 2.18. The number of benzene rings is 2. The molecule has 0 amide bonds. The maximum Gasteiger partial charge on any atom is 0.134 e. The summed E-state index contributed by atoms with van der Waals surface area (Å²) in [5.74, 6) is -2.51. The van der Waals surface area contributed by atoms with Crippen molar-refractivity contribution in [3.63, 3.8) is 0 Å². The lowest BCUT2D eigenvalue weighted by Gasteiger charge is -2.06. The van der Waals surface area contributed by atoms with Gasteiger partial charge in [0.05, 0.1) is 0 Å². The second kappa shape index (κ2) is 3.89. The minimum absolute atomic E-state index is 0.0268. The Labute approximate surface area is 89.8 Å². The smallest absolute Gasteiger partial charge is 0.134 e. The Kier molecular flexibility index (Phi) is 2.56. The van der Waals surface area contributed by atoms with Crippen molar-refractivity contribution in [3.8, 4) is 16.9 Å². The first-order chi connectivity index (χ1) is 7.58. The van der Waals surface area contributed by atoms with E-state index < -0.39 is 17.5 Å². The van der Waals surface area contributed by atoms with Crippen LogP contribution in [0.3, 0.4) is 0 Å². The molecule has 0 saturated carbocycles. The lowest BCUT2D eigenvalue weighted by Crippen LogP contribution is -1.87. The Morgan fingerprint density at radius 1 is 0.750 bits per heavy atom. The van der Waals surface area contributed by atoms with Crippen LogP contribution in [0, 0.1) is 17.5 Å². The van der Waals surface area contributed by atoms with Crippen LogP contribution < -0.4 is 0 Å². The van der Waals surface area contributed by atoms with Gasteiger partial charge in [0.15, 0.2) is 0 Å². The zero-order valence-corrected chi connectivity index (χ0v) is 8.05. The third kappa shape index (κ3) is 1.86. The lowest BCUT2D eigenvalue weighted by atomic mass is 10.0. The molecule has 0 unspecified atom stereocenters. The molecule has 0 aromatic heterocycles. The molecule has 0 bridgehead atoms. The molecule has 1 N–H and O–H groups in total. The van der Waals surface area contributed by atoms with E-state index in [2.05, 4.69) is 0 Å². The van der Waals surface area contributed by atoms with Gasteiger partial charge in [-0.1, -0.05) is 0 Å². The molecule has 16 heavy (non-hydrogen) atoms. The number of aromatic hydroxyl groups is 1. The van der Waals surface area contributed by atoms with Gasteiger partial charge in [0.1, 0.15) is 23.2 Å². The lowest BCUT2D eigenvalue weighted by molar-refractivity contribution is 0.470. The van der Waals surface area contributed by atoms with Crippen LogP contribution in [0.2, 0.25) is 0 Å². The molecular weight excluding hydrogens is 217 g/mol. The van der Waals surface area contributed by atoms with Crippen LogP contribution in [0.5, 0.6) is 5.75 Å². The molecular formula is C12H7F3O. The normalized spacial score (nSPS) is 10.4. The molecule has 0 aliphatic rings. The Hall–Kier alpha value is -1.97. The first-order valence-corrected chi connectivity index (χ1v) is 4.52. The van der Waals surface area contributed by atoms with Crippen LogP contribution in [0.25, 0.3) is 11.1 Å². The van der Waals surface area contributed by atoms with E-state index in [1.807, 2.05) is 0 Å². The maximum atomic E-state index is 13.4. The van der Waals surface area contributed by atoms with Gasteiger partial charge in [0.2, 0.25) is 0 Å². The number of phenolic OH excluding ortho intramolecular Hbond substituents is 1. The summed E-state index contributed by atoms with van der Waals surface area (Å²) in [4.78, 5) is 0. The fraction of sp³-hybridized carbons (Fsp3) is 0. The summed E-state index contributed by atoms with van der Waals surface area (Å²) in [5, 5.41) is 9.44. The second-order valence-electron chi connectivity index (χ2n) is 3.29. The first-order valence-electron chi connectivity index (χ1n) is 4.52. The van der Waals surface area contributed by atoms with Crippen molar-refractivity contribution < 1.29 is 18.3 Å².